The first-order chi connectivity index (χ1) is 12.4. The topological polar surface area (TPSA) is 50.7 Å². The number of fused-ring (bicyclic) bond motifs is 6. The van der Waals surface area contributed by atoms with Crippen LogP contribution in [-0.2, 0) is 6.42 Å². The lowest BCUT2D eigenvalue weighted by molar-refractivity contribution is -0.142. The highest BCUT2D eigenvalue weighted by atomic mass is 32.2. The number of aromatic nitrogens is 1. The average Bonchev–Trinajstić information content (AvgIpc) is 3.35. The highest BCUT2D eigenvalue weighted by molar-refractivity contribution is 7.98. The molecule has 4 unspecified atom stereocenters. The number of nitrogens with one attached hydrogen (secondary N) is 3. The highest BCUT2D eigenvalue weighted by Gasteiger charge is 2.50. The maximum Gasteiger partial charge on any atom is 0.117 e. The Kier molecular flexibility index (Phi) is 3.37. The van der Waals surface area contributed by atoms with E-state index in [1.54, 1.807) is 0 Å². The van der Waals surface area contributed by atoms with E-state index in [2.05, 4.69) is 59.8 Å². The summed E-state index contributed by atoms with van der Waals surface area (Å²) < 4.78 is 2.56. The molecule has 0 amide bonds. The van der Waals surface area contributed by atoms with Crippen LogP contribution < -0.4 is 15.5 Å². The van der Waals surface area contributed by atoms with E-state index < -0.39 is 0 Å². The van der Waals surface area contributed by atoms with Crippen LogP contribution in [-0.4, -0.2) is 57.9 Å². The average molecular weight is 360 g/mol. The molecule has 7 nitrogen and oxygen atoms in total. The Morgan fingerprint density at radius 3 is 3.16 bits per heavy atom. The van der Waals surface area contributed by atoms with Gasteiger partial charge in [-0.25, -0.2) is 5.12 Å². The van der Waals surface area contributed by atoms with E-state index in [1.165, 1.54) is 24.2 Å². The summed E-state index contributed by atoms with van der Waals surface area (Å²) in [5, 5.41) is 14.8. The molecule has 4 atom stereocenters. The second-order valence-electron chi connectivity index (χ2n) is 7.68. The van der Waals surface area contributed by atoms with Crippen LogP contribution >= 0.6 is 11.9 Å². The molecule has 3 fully saturated rings. The standard InChI is InChI=1S/C17H25N7S/c1-2-12-8-14(15-10-18-4-3-16(15)21(12)6-1)17-24-22-7-5-19-9-13(22)11-23(24)20-25-17/h1-2,6,11,14-20H,3-5,7-10H2. The molecule has 0 saturated carbocycles. The maximum absolute atomic E-state index is 3.66. The second-order valence-corrected chi connectivity index (χ2v) is 8.59. The van der Waals surface area contributed by atoms with Gasteiger partial charge in [0.25, 0.3) is 0 Å². The fourth-order valence-corrected chi connectivity index (χ4v) is 6.46. The van der Waals surface area contributed by atoms with E-state index in [0.717, 1.165) is 32.7 Å². The monoisotopic (exact) mass is 359 g/mol. The van der Waals surface area contributed by atoms with E-state index in [0.29, 0.717) is 23.3 Å². The molecular formula is C17H25N7S. The molecule has 6 heterocycles. The summed E-state index contributed by atoms with van der Waals surface area (Å²) in [5.74, 6) is 1.34. The molecule has 5 aliphatic heterocycles. The van der Waals surface area contributed by atoms with Gasteiger partial charge in [-0.3, -0.25) is 5.01 Å². The lowest BCUT2D eigenvalue weighted by atomic mass is 9.76. The van der Waals surface area contributed by atoms with E-state index in [1.807, 2.05) is 11.9 Å². The Bertz CT molecular complexity index is 703. The van der Waals surface area contributed by atoms with E-state index in [9.17, 15) is 0 Å². The van der Waals surface area contributed by atoms with Crippen LogP contribution in [0.15, 0.2) is 30.2 Å². The van der Waals surface area contributed by atoms with Gasteiger partial charge in [-0.2, -0.15) is 4.83 Å². The number of hydrogen-bond acceptors (Lipinski definition) is 7. The van der Waals surface area contributed by atoms with Crippen LogP contribution in [0.2, 0.25) is 0 Å². The Hall–Kier alpha value is -1.19. The predicted octanol–water partition coefficient (Wildman–Crippen LogP) is 0.498. The summed E-state index contributed by atoms with van der Waals surface area (Å²) >= 11 is 1.89. The Morgan fingerprint density at radius 1 is 1.16 bits per heavy atom. The third kappa shape index (κ3) is 2.15. The summed E-state index contributed by atoms with van der Waals surface area (Å²) in [6.45, 7) is 5.35. The quantitative estimate of drug-likeness (QED) is 0.631. The van der Waals surface area contributed by atoms with Gasteiger partial charge in [-0.15, -0.1) is 5.12 Å². The van der Waals surface area contributed by atoms with Gasteiger partial charge in [0.15, 0.2) is 0 Å². The van der Waals surface area contributed by atoms with Gasteiger partial charge < -0.3 is 15.2 Å². The van der Waals surface area contributed by atoms with Crippen molar-refractivity contribution >= 4 is 11.9 Å². The molecule has 0 aliphatic carbocycles. The first-order valence-electron chi connectivity index (χ1n) is 9.45. The molecule has 1 aromatic heterocycles. The van der Waals surface area contributed by atoms with Crippen molar-refractivity contribution in [3.05, 3.63) is 35.9 Å². The van der Waals surface area contributed by atoms with Gasteiger partial charge >= 0.3 is 0 Å². The van der Waals surface area contributed by atoms with Gasteiger partial charge in [0.05, 0.1) is 11.9 Å². The third-order valence-electron chi connectivity index (χ3n) is 6.45. The van der Waals surface area contributed by atoms with Crippen molar-refractivity contribution in [2.24, 2.45) is 11.8 Å². The van der Waals surface area contributed by atoms with Crippen molar-refractivity contribution in [1.82, 2.24) is 35.3 Å². The van der Waals surface area contributed by atoms with Gasteiger partial charge in [0.1, 0.15) is 5.37 Å². The number of hydrogen-bond donors (Lipinski definition) is 3. The molecule has 3 saturated heterocycles. The molecule has 8 heteroatoms. The van der Waals surface area contributed by atoms with Crippen LogP contribution in [0.1, 0.15) is 18.2 Å². The number of piperazine rings is 1. The largest absolute Gasteiger partial charge is 0.348 e. The Balaban J connectivity index is 1.34. The molecule has 3 N–H and O–H groups in total. The first kappa shape index (κ1) is 14.9. The van der Waals surface area contributed by atoms with Crippen molar-refractivity contribution in [2.45, 2.75) is 24.3 Å². The van der Waals surface area contributed by atoms with Crippen molar-refractivity contribution in [1.29, 1.82) is 0 Å². The van der Waals surface area contributed by atoms with Crippen LogP contribution in [0.4, 0.5) is 0 Å². The van der Waals surface area contributed by atoms with E-state index in [-0.39, 0.29) is 0 Å². The number of rotatable bonds is 1. The Labute approximate surface area is 152 Å². The summed E-state index contributed by atoms with van der Waals surface area (Å²) in [6.07, 6.45) is 6.96. The number of piperidine rings is 1. The molecule has 5 aliphatic rings. The summed E-state index contributed by atoms with van der Waals surface area (Å²) in [5.41, 5.74) is 2.89. The van der Waals surface area contributed by atoms with Crippen molar-refractivity contribution in [2.75, 3.05) is 32.7 Å². The fraction of sp³-hybridized carbons (Fsp3) is 0.647. The molecular weight excluding hydrogens is 334 g/mol. The summed E-state index contributed by atoms with van der Waals surface area (Å²) in [4.78, 5) is 3.54. The van der Waals surface area contributed by atoms with Gasteiger partial charge in [0.2, 0.25) is 0 Å². The lowest BCUT2D eigenvalue weighted by Crippen LogP contribution is -2.57. The number of hydrazine groups is 3. The summed E-state index contributed by atoms with van der Waals surface area (Å²) in [7, 11) is 0. The zero-order valence-corrected chi connectivity index (χ0v) is 15.1. The van der Waals surface area contributed by atoms with Crippen LogP contribution in [0, 0.1) is 11.8 Å². The van der Waals surface area contributed by atoms with Crippen molar-refractivity contribution in [3.63, 3.8) is 0 Å². The second kappa shape index (κ2) is 5.65. The van der Waals surface area contributed by atoms with Crippen molar-refractivity contribution in [3.8, 4) is 0 Å². The van der Waals surface area contributed by atoms with Crippen LogP contribution in [0.25, 0.3) is 0 Å². The predicted molar refractivity (Wildman–Crippen MR) is 97.5 cm³/mol. The summed E-state index contributed by atoms with van der Waals surface area (Å²) in [6, 6.07) is 5.21. The molecule has 1 aromatic rings. The molecule has 0 bridgehead atoms. The minimum Gasteiger partial charge on any atom is -0.348 e. The molecule has 134 valence electrons. The molecule has 0 spiro atoms. The van der Waals surface area contributed by atoms with Gasteiger partial charge in [-0.1, -0.05) is 0 Å². The van der Waals surface area contributed by atoms with E-state index in [4.69, 9.17) is 0 Å². The van der Waals surface area contributed by atoms with Gasteiger partial charge in [0, 0.05) is 50.0 Å². The molecule has 0 radical (unpaired) electrons. The van der Waals surface area contributed by atoms with E-state index >= 15 is 0 Å². The normalized spacial score (nSPS) is 37.4. The fourth-order valence-electron chi connectivity index (χ4n) is 5.32. The van der Waals surface area contributed by atoms with Crippen LogP contribution in [0.3, 0.4) is 0 Å². The first-order valence-corrected chi connectivity index (χ1v) is 10.3. The minimum absolute atomic E-state index is 0.447. The van der Waals surface area contributed by atoms with Crippen molar-refractivity contribution < 1.29 is 0 Å². The lowest BCUT2D eigenvalue weighted by Gasteiger charge is -2.47. The molecule has 6 rings (SSSR count). The van der Waals surface area contributed by atoms with Crippen LogP contribution in [0.5, 0.6) is 0 Å². The third-order valence-corrected chi connectivity index (χ3v) is 7.52. The maximum atomic E-state index is 3.66. The zero-order chi connectivity index (χ0) is 16.4. The Morgan fingerprint density at radius 2 is 2.16 bits per heavy atom. The van der Waals surface area contributed by atoms with Gasteiger partial charge in [-0.05, 0) is 49.4 Å². The smallest absolute Gasteiger partial charge is 0.117 e. The SMILES string of the molecule is C1=C2CNCCN2N2C(C3Cc4cccn4C4CCNCC34)SNN12. The molecule has 25 heavy (non-hydrogen) atoms. The zero-order valence-electron chi connectivity index (χ0n) is 14.3. The minimum atomic E-state index is 0.447. The molecule has 0 aromatic carbocycles. The number of nitrogens with zero attached hydrogens (tertiary/aromatic N) is 4. The highest BCUT2D eigenvalue weighted by Crippen LogP contribution is 2.46.